The summed E-state index contributed by atoms with van der Waals surface area (Å²) >= 11 is 0. The molecule has 0 aliphatic heterocycles. The first-order valence-corrected chi connectivity index (χ1v) is 8.47. The molecular weight excluding hydrogens is 279 g/mol. The molecule has 0 bridgehead atoms. The summed E-state index contributed by atoms with van der Waals surface area (Å²) in [6, 6.07) is 13.7. The first-order valence-electron chi connectivity index (χ1n) is 7.29. The van der Waals surface area contributed by atoms with E-state index in [1.54, 1.807) is 0 Å². The van der Waals surface area contributed by atoms with Gasteiger partial charge in [-0.05, 0) is 60.6 Å². The molecule has 0 fully saturated rings. The van der Waals surface area contributed by atoms with Crippen LogP contribution in [0.25, 0.3) is 0 Å². The van der Waals surface area contributed by atoms with Crippen LogP contribution < -0.4 is 5.30 Å². The molecule has 2 rings (SSSR count). The van der Waals surface area contributed by atoms with Crippen LogP contribution in [0.5, 0.6) is 0 Å². The molecule has 0 radical (unpaired) electrons. The Morgan fingerprint density at radius 2 is 1.62 bits per heavy atom. The van der Waals surface area contributed by atoms with E-state index < -0.39 is 8.03 Å². The van der Waals surface area contributed by atoms with Gasteiger partial charge in [0, 0.05) is 0 Å². The number of benzene rings is 2. The van der Waals surface area contributed by atoms with Gasteiger partial charge in [-0.15, -0.1) is 4.52 Å². The first-order chi connectivity index (χ1) is 10.0. The first kappa shape index (κ1) is 15.9. The van der Waals surface area contributed by atoms with E-state index in [1.807, 2.05) is 30.3 Å². The van der Waals surface area contributed by atoms with Gasteiger partial charge in [0.1, 0.15) is 6.10 Å². The Kier molecular flexibility index (Phi) is 5.27. The van der Waals surface area contributed by atoms with Crippen molar-refractivity contribution in [3.8, 4) is 0 Å². The molecule has 0 heterocycles. The summed E-state index contributed by atoms with van der Waals surface area (Å²) in [5.41, 5.74) is 4.82. The van der Waals surface area contributed by atoms with E-state index in [4.69, 9.17) is 4.52 Å². The third kappa shape index (κ3) is 3.78. The lowest BCUT2D eigenvalue weighted by Gasteiger charge is -2.16. The molecule has 2 aromatic carbocycles. The van der Waals surface area contributed by atoms with E-state index in [2.05, 4.69) is 39.8 Å². The molecule has 0 spiro atoms. The summed E-state index contributed by atoms with van der Waals surface area (Å²) in [7, 11) is -1.83. The third-order valence-corrected chi connectivity index (χ3v) is 4.79. The van der Waals surface area contributed by atoms with Crippen molar-refractivity contribution in [2.45, 2.75) is 40.2 Å². The summed E-state index contributed by atoms with van der Waals surface area (Å²) in [5.74, 6) is 0. The van der Waals surface area contributed by atoms with Crippen molar-refractivity contribution >= 4 is 13.3 Å². The van der Waals surface area contributed by atoms with Gasteiger partial charge >= 0.3 is 8.03 Å². The minimum Gasteiger partial charge on any atom is -0.134 e. The summed E-state index contributed by atoms with van der Waals surface area (Å²) in [4.78, 5) is 0. The Balaban J connectivity index is 2.27. The van der Waals surface area contributed by atoms with Crippen molar-refractivity contribution in [1.82, 2.24) is 0 Å². The molecule has 0 aromatic heterocycles. The Morgan fingerprint density at radius 1 is 1.05 bits per heavy atom. The van der Waals surface area contributed by atoms with E-state index >= 15 is 0 Å². The summed E-state index contributed by atoms with van der Waals surface area (Å²) in [6.45, 7) is 8.35. The Bertz CT molecular complexity index is 612. The highest BCUT2D eigenvalue weighted by Gasteiger charge is 2.29. The molecular formula is C18H22O2P+. The molecule has 2 aromatic rings. The lowest BCUT2D eigenvalue weighted by molar-refractivity contribution is 0.217. The van der Waals surface area contributed by atoms with E-state index in [9.17, 15) is 4.57 Å². The van der Waals surface area contributed by atoms with Crippen molar-refractivity contribution in [2.75, 3.05) is 0 Å². The molecule has 2 nitrogen and oxygen atoms in total. The second-order valence-corrected chi connectivity index (χ2v) is 6.65. The lowest BCUT2D eigenvalue weighted by Crippen LogP contribution is -2.07. The molecule has 0 N–H and O–H groups in total. The predicted octanol–water partition coefficient (Wildman–Crippen LogP) is 5.15. The van der Waals surface area contributed by atoms with Crippen molar-refractivity contribution in [3.63, 3.8) is 0 Å². The maximum absolute atomic E-state index is 12.4. The van der Waals surface area contributed by atoms with Crippen molar-refractivity contribution < 1.29 is 9.09 Å². The summed E-state index contributed by atoms with van der Waals surface area (Å²) < 4.78 is 18.3. The molecule has 0 saturated heterocycles. The van der Waals surface area contributed by atoms with Crippen LogP contribution in [-0.2, 0) is 9.09 Å². The second-order valence-electron chi connectivity index (χ2n) is 5.41. The second kappa shape index (κ2) is 6.98. The highest BCUT2D eigenvalue weighted by atomic mass is 31.1. The smallest absolute Gasteiger partial charge is 0.134 e. The van der Waals surface area contributed by atoms with Gasteiger partial charge in [-0.25, -0.2) is 0 Å². The summed E-state index contributed by atoms with van der Waals surface area (Å²) in [5, 5.41) is 0.744. The van der Waals surface area contributed by atoms with E-state index in [0.717, 1.165) is 11.7 Å². The minimum absolute atomic E-state index is 0.130. The van der Waals surface area contributed by atoms with Crippen LogP contribution in [0, 0.1) is 20.8 Å². The normalized spacial score (nSPS) is 13.0. The number of aryl methyl sites for hydroxylation is 3. The Labute approximate surface area is 128 Å². The van der Waals surface area contributed by atoms with Gasteiger partial charge in [0.15, 0.2) is 0 Å². The zero-order valence-electron chi connectivity index (χ0n) is 13.1. The fourth-order valence-electron chi connectivity index (χ4n) is 2.76. The molecule has 0 amide bonds. The number of hydrogen-bond acceptors (Lipinski definition) is 2. The van der Waals surface area contributed by atoms with Crippen LogP contribution in [0.2, 0.25) is 0 Å². The largest absolute Gasteiger partial charge is 0.549 e. The molecule has 0 aliphatic rings. The Morgan fingerprint density at radius 3 is 2.14 bits per heavy atom. The van der Waals surface area contributed by atoms with E-state index in [-0.39, 0.29) is 6.10 Å². The maximum atomic E-state index is 12.4. The molecule has 0 saturated carbocycles. The fraction of sp³-hybridized carbons (Fsp3) is 0.333. The molecule has 3 heteroatoms. The molecule has 2 atom stereocenters. The van der Waals surface area contributed by atoms with Gasteiger partial charge in [-0.3, -0.25) is 0 Å². The topological polar surface area (TPSA) is 26.3 Å². The van der Waals surface area contributed by atoms with Crippen molar-refractivity contribution in [2.24, 2.45) is 0 Å². The Hall–Kier alpha value is -1.50. The fourth-order valence-corrected chi connectivity index (χ4v) is 3.78. The minimum atomic E-state index is -1.83. The van der Waals surface area contributed by atoms with Gasteiger partial charge in [-0.2, -0.15) is 0 Å². The monoisotopic (exact) mass is 301 g/mol. The van der Waals surface area contributed by atoms with Gasteiger partial charge in [0.05, 0.1) is 0 Å². The van der Waals surface area contributed by atoms with Crippen LogP contribution in [0.1, 0.15) is 41.7 Å². The molecule has 21 heavy (non-hydrogen) atoms. The van der Waals surface area contributed by atoms with E-state index in [1.165, 1.54) is 22.3 Å². The van der Waals surface area contributed by atoms with E-state index in [0.29, 0.717) is 0 Å². The quantitative estimate of drug-likeness (QED) is 0.714. The number of rotatable bonds is 5. The lowest BCUT2D eigenvalue weighted by atomic mass is 9.94. The van der Waals surface area contributed by atoms with Crippen molar-refractivity contribution in [3.05, 3.63) is 64.7 Å². The zero-order valence-corrected chi connectivity index (χ0v) is 14.0. The van der Waals surface area contributed by atoms with Crippen LogP contribution in [0.3, 0.4) is 0 Å². The average Bonchev–Trinajstić information content (AvgIpc) is 2.45. The van der Waals surface area contributed by atoms with Crippen LogP contribution in [0.15, 0.2) is 42.5 Å². The highest BCUT2D eigenvalue weighted by Crippen LogP contribution is 2.36. The maximum Gasteiger partial charge on any atom is 0.549 e. The van der Waals surface area contributed by atoms with Gasteiger partial charge in [-0.1, -0.05) is 42.8 Å². The van der Waals surface area contributed by atoms with Crippen LogP contribution >= 0.6 is 8.03 Å². The number of hydrogen-bond donors (Lipinski definition) is 0. The van der Waals surface area contributed by atoms with Crippen LogP contribution in [0.4, 0.5) is 0 Å². The van der Waals surface area contributed by atoms with Gasteiger partial charge in [0.25, 0.3) is 0 Å². The molecule has 2 unspecified atom stereocenters. The van der Waals surface area contributed by atoms with Gasteiger partial charge < -0.3 is 0 Å². The SMILES string of the molecule is CCC(O[P+](=O)c1ccccc1)c1c(C)cc(C)cc1C. The molecule has 110 valence electrons. The standard InChI is InChI=1S/C18H22O2P/c1-5-17(18-14(3)11-13(2)12-15(18)4)20-21(19)16-9-7-6-8-10-16/h6-12,17H,5H2,1-4H3/q+1. The predicted molar refractivity (Wildman–Crippen MR) is 88.5 cm³/mol. The highest BCUT2D eigenvalue weighted by molar-refractivity contribution is 7.48. The molecule has 0 aliphatic carbocycles. The van der Waals surface area contributed by atoms with Gasteiger partial charge in [0.2, 0.25) is 5.30 Å². The average molecular weight is 301 g/mol. The van der Waals surface area contributed by atoms with Crippen molar-refractivity contribution in [1.29, 1.82) is 0 Å². The van der Waals surface area contributed by atoms with Crippen LogP contribution in [-0.4, -0.2) is 0 Å². The summed E-state index contributed by atoms with van der Waals surface area (Å²) in [6.07, 6.45) is 0.674. The zero-order chi connectivity index (χ0) is 15.4. The third-order valence-electron chi connectivity index (χ3n) is 3.62.